The summed E-state index contributed by atoms with van der Waals surface area (Å²) in [5.41, 5.74) is 0. The van der Waals surface area contributed by atoms with E-state index < -0.39 is 11.6 Å². The number of hydrogen-bond donors (Lipinski definition) is 0. The van der Waals surface area contributed by atoms with E-state index in [1.165, 1.54) is 6.07 Å². The predicted molar refractivity (Wildman–Crippen MR) is 58.3 cm³/mol. The van der Waals surface area contributed by atoms with Crippen molar-refractivity contribution < 1.29 is 8.78 Å². The van der Waals surface area contributed by atoms with Gasteiger partial charge in [0.15, 0.2) is 0 Å². The Labute approximate surface area is 90.9 Å². The van der Waals surface area contributed by atoms with Crippen molar-refractivity contribution in [3.63, 3.8) is 0 Å². The number of hydrogen-bond acceptors (Lipinski definition) is 0. The Hall–Kier alpha value is -1.18. The van der Waals surface area contributed by atoms with Gasteiger partial charge in [0.1, 0.15) is 0 Å². The van der Waals surface area contributed by atoms with Gasteiger partial charge >= 0.3 is 90.6 Å². The van der Waals surface area contributed by atoms with Crippen molar-refractivity contribution >= 4 is 33.8 Å². The van der Waals surface area contributed by atoms with Crippen LogP contribution in [0.5, 0.6) is 0 Å². The minimum absolute atomic E-state index is 0.112. The second-order valence-corrected chi connectivity index (χ2v) is 5.61. The van der Waals surface area contributed by atoms with Gasteiger partial charge in [-0.15, -0.1) is 0 Å². The molecular formula is C12H6F2Se. The van der Waals surface area contributed by atoms with Gasteiger partial charge in [0.25, 0.3) is 0 Å². The van der Waals surface area contributed by atoms with Crippen molar-refractivity contribution in [3.8, 4) is 0 Å². The summed E-state index contributed by atoms with van der Waals surface area (Å²) in [6, 6.07) is 10.5. The monoisotopic (exact) mass is 268 g/mol. The number of benzene rings is 2. The van der Waals surface area contributed by atoms with E-state index in [-0.39, 0.29) is 14.5 Å². The van der Waals surface area contributed by atoms with Crippen LogP contribution in [0.15, 0.2) is 36.4 Å². The zero-order chi connectivity index (χ0) is 10.4. The van der Waals surface area contributed by atoms with Crippen LogP contribution in [-0.2, 0) is 0 Å². The summed E-state index contributed by atoms with van der Waals surface area (Å²) in [5.74, 6) is -1.47. The van der Waals surface area contributed by atoms with Gasteiger partial charge in [-0.2, -0.15) is 0 Å². The molecule has 0 amide bonds. The SMILES string of the molecule is Fc1ccc2[se]c3ccccc3c2c1F. The normalized spacial score (nSPS) is 11.3. The quantitative estimate of drug-likeness (QED) is 0.548. The van der Waals surface area contributed by atoms with Gasteiger partial charge < -0.3 is 0 Å². The average molecular weight is 267 g/mol. The molecule has 0 bridgehead atoms. The Balaban J connectivity index is 2.63. The molecule has 0 radical (unpaired) electrons. The predicted octanol–water partition coefficient (Wildman–Crippen LogP) is 3.33. The Morgan fingerprint density at radius 3 is 2.53 bits per heavy atom. The number of fused-ring (bicyclic) bond motifs is 3. The molecule has 3 heteroatoms. The molecule has 0 aliphatic heterocycles. The topological polar surface area (TPSA) is 0 Å². The van der Waals surface area contributed by atoms with Crippen LogP contribution in [-0.4, -0.2) is 14.5 Å². The molecule has 0 saturated carbocycles. The summed E-state index contributed by atoms with van der Waals surface area (Å²) in [4.78, 5) is 0. The standard InChI is InChI=1S/C12H6F2Se/c13-8-5-6-10-11(12(8)14)7-3-1-2-4-9(7)15-10/h1-6H. The van der Waals surface area contributed by atoms with Crippen LogP contribution in [0.25, 0.3) is 19.3 Å². The molecule has 3 aromatic rings. The fraction of sp³-hybridized carbons (Fsp3) is 0. The molecule has 0 fully saturated rings. The summed E-state index contributed by atoms with van der Waals surface area (Å²) < 4.78 is 28.8. The molecule has 0 nitrogen and oxygen atoms in total. The summed E-state index contributed by atoms with van der Waals surface area (Å²) in [6.07, 6.45) is 0. The Kier molecular flexibility index (Phi) is 1.91. The van der Waals surface area contributed by atoms with Crippen LogP contribution in [0, 0.1) is 11.6 Å². The molecule has 0 aliphatic rings. The van der Waals surface area contributed by atoms with Crippen LogP contribution >= 0.6 is 0 Å². The molecule has 74 valence electrons. The Morgan fingerprint density at radius 1 is 0.867 bits per heavy atom. The first-order valence-electron chi connectivity index (χ1n) is 4.52. The molecule has 0 unspecified atom stereocenters. The van der Waals surface area contributed by atoms with Crippen molar-refractivity contribution in [1.82, 2.24) is 0 Å². The van der Waals surface area contributed by atoms with E-state index in [2.05, 4.69) is 0 Å². The zero-order valence-corrected chi connectivity index (χ0v) is 9.34. The van der Waals surface area contributed by atoms with Crippen molar-refractivity contribution in [2.24, 2.45) is 0 Å². The van der Waals surface area contributed by atoms with Crippen LogP contribution in [0.4, 0.5) is 8.78 Å². The van der Waals surface area contributed by atoms with Crippen molar-refractivity contribution in [1.29, 1.82) is 0 Å². The summed E-state index contributed by atoms with van der Waals surface area (Å²) >= 11 is 0.112. The van der Waals surface area contributed by atoms with E-state index in [0.29, 0.717) is 5.39 Å². The zero-order valence-electron chi connectivity index (χ0n) is 7.63. The molecule has 3 rings (SSSR count). The number of rotatable bonds is 0. The fourth-order valence-corrected chi connectivity index (χ4v) is 4.06. The van der Waals surface area contributed by atoms with Crippen LogP contribution in [0.3, 0.4) is 0 Å². The van der Waals surface area contributed by atoms with E-state index >= 15 is 0 Å². The van der Waals surface area contributed by atoms with Crippen LogP contribution in [0.2, 0.25) is 0 Å². The number of halogens is 2. The van der Waals surface area contributed by atoms with E-state index in [1.54, 1.807) is 6.07 Å². The average Bonchev–Trinajstić information content (AvgIpc) is 2.62. The third kappa shape index (κ3) is 1.24. The van der Waals surface area contributed by atoms with Gasteiger partial charge in [-0.25, -0.2) is 0 Å². The van der Waals surface area contributed by atoms with Crippen molar-refractivity contribution in [2.75, 3.05) is 0 Å². The van der Waals surface area contributed by atoms with Crippen molar-refractivity contribution in [2.45, 2.75) is 0 Å². The van der Waals surface area contributed by atoms with E-state index in [1.807, 2.05) is 24.3 Å². The molecule has 2 aromatic carbocycles. The van der Waals surface area contributed by atoms with Crippen LogP contribution < -0.4 is 0 Å². The first-order valence-corrected chi connectivity index (χ1v) is 6.24. The third-order valence-electron chi connectivity index (χ3n) is 2.43. The summed E-state index contributed by atoms with van der Waals surface area (Å²) in [5, 5.41) is 1.31. The van der Waals surface area contributed by atoms with E-state index in [4.69, 9.17) is 0 Å². The van der Waals surface area contributed by atoms with Gasteiger partial charge in [0.05, 0.1) is 0 Å². The van der Waals surface area contributed by atoms with Gasteiger partial charge in [-0.05, 0) is 0 Å². The van der Waals surface area contributed by atoms with Crippen LogP contribution in [0.1, 0.15) is 0 Å². The Morgan fingerprint density at radius 2 is 1.67 bits per heavy atom. The van der Waals surface area contributed by atoms with Gasteiger partial charge in [0, 0.05) is 0 Å². The molecule has 1 heterocycles. The minimum atomic E-state index is -0.763. The Bertz CT molecular complexity index is 655. The molecular weight excluding hydrogens is 261 g/mol. The molecule has 0 atom stereocenters. The third-order valence-corrected chi connectivity index (χ3v) is 4.82. The molecule has 0 saturated heterocycles. The van der Waals surface area contributed by atoms with Gasteiger partial charge in [-0.1, -0.05) is 0 Å². The second kappa shape index (κ2) is 3.16. The molecule has 15 heavy (non-hydrogen) atoms. The molecule has 0 spiro atoms. The van der Waals surface area contributed by atoms with Crippen molar-refractivity contribution in [3.05, 3.63) is 48.0 Å². The maximum absolute atomic E-state index is 13.6. The molecule has 0 aliphatic carbocycles. The fourth-order valence-electron chi connectivity index (χ4n) is 1.75. The molecule has 1 aromatic heterocycles. The van der Waals surface area contributed by atoms with E-state index in [0.717, 1.165) is 13.9 Å². The first-order chi connectivity index (χ1) is 7.27. The second-order valence-electron chi connectivity index (χ2n) is 3.33. The summed E-state index contributed by atoms with van der Waals surface area (Å²) in [6.45, 7) is 0. The van der Waals surface area contributed by atoms with E-state index in [9.17, 15) is 8.78 Å². The first kappa shape index (κ1) is 9.08. The molecule has 0 N–H and O–H groups in total. The summed E-state index contributed by atoms with van der Waals surface area (Å²) in [7, 11) is 0. The van der Waals surface area contributed by atoms with Gasteiger partial charge in [0.2, 0.25) is 0 Å². The van der Waals surface area contributed by atoms with Gasteiger partial charge in [-0.3, -0.25) is 0 Å². The maximum atomic E-state index is 13.6.